The van der Waals surface area contributed by atoms with Crippen LogP contribution in [-0.2, 0) is 0 Å². The highest BCUT2D eigenvalue weighted by Crippen LogP contribution is 2.24. The summed E-state index contributed by atoms with van der Waals surface area (Å²) in [5.41, 5.74) is 0.899. The summed E-state index contributed by atoms with van der Waals surface area (Å²) >= 11 is 0. The van der Waals surface area contributed by atoms with Gasteiger partial charge >= 0.3 is 0 Å². The first-order chi connectivity index (χ1) is 7.33. The number of para-hydroxylation sites is 1. The van der Waals surface area contributed by atoms with E-state index in [1.54, 1.807) is 7.11 Å². The fourth-order valence-electron chi connectivity index (χ4n) is 1.47. The third kappa shape index (κ3) is 3.20. The van der Waals surface area contributed by atoms with Crippen molar-refractivity contribution in [2.75, 3.05) is 26.9 Å². The predicted octanol–water partition coefficient (Wildman–Crippen LogP) is 0.310. The van der Waals surface area contributed by atoms with E-state index in [1.807, 2.05) is 24.3 Å². The zero-order valence-corrected chi connectivity index (χ0v) is 8.81. The van der Waals surface area contributed by atoms with Gasteiger partial charge in [-0.3, -0.25) is 0 Å². The van der Waals surface area contributed by atoms with Gasteiger partial charge in [-0.25, -0.2) is 0 Å². The van der Waals surface area contributed by atoms with Gasteiger partial charge in [-0.15, -0.1) is 0 Å². The Balaban J connectivity index is 2.80. The molecule has 0 aliphatic carbocycles. The molecule has 84 valence electrons. The Morgan fingerprint density at radius 3 is 2.67 bits per heavy atom. The Hall–Kier alpha value is -1.10. The van der Waals surface area contributed by atoms with Crippen molar-refractivity contribution in [1.29, 1.82) is 0 Å². The van der Waals surface area contributed by atoms with Crippen LogP contribution < -0.4 is 10.1 Å². The third-order valence-electron chi connectivity index (χ3n) is 2.20. The maximum absolute atomic E-state index is 9.23. The van der Waals surface area contributed by atoms with E-state index in [1.165, 1.54) is 0 Å². The number of nitrogens with one attached hydrogen (secondary N) is 1. The van der Waals surface area contributed by atoms with Gasteiger partial charge in [0.2, 0.25) is 0 Å². The summed E-state index contributed by atoms with van der Waals surface area (Å²) < 4.78 is 5.19. The third-order valence-corrected chi connectivity index (χ3v) is 2.20. The SMILES string of the molecule is COc1ccccc1C(CO)NCCO. The maximum Gasteiger partial charge on any atom is 0.123 e. The predicted molar refractivity (Wildman–Crippen MR) is 57.9 cm³/mol. The number of aliphatic hydroxyl groups excluding tert-OH is 2. The molecule has 0 saturated carbocycles. The second-order valence-electron chi connectivity index (χ2n) is 3.15. The van der Waals surface area contributed by atoms with Crippen molar-refractivity contribution in [1.82, 2.24) is 5.32 Å². The van der Waals surface area contributed by atoms with Crippen LogP contribution in [0.3, 0.4) is 0 Å². The number of benzene rings is 1. The van der Waals surface area contributed by atoms with E-state index < -0.39 is 0 Å². The van der Waals surface area contributed by atoms with Gasteiger partial charge in [0, 0.05) is 12.1 Å². The van der Waals surface area contributed by atoms with Gasteiger partial charge in [-0.2, -0.15) is 0 Å². The van der Waals surface area contributed by atoms with Crippen molar-refractivity contribution in [2.24, 2.45) is 0 Å². The molecule has 1 atom stereocenters. The Labute approximate surface area is 89.5 Å². The van der Waals surface area contributed by atoms with Crippen LogP contribution in [0.2, 0.25) is 0 Å². The molecule has 4 nitrogen and oxygen atoms in total. The second-order valence-corrected chi connectivity index (χ2v) is 3.15. The molecular formula is C11H17NO3. The number of aliphatic hydroxyl groups is 2. The highest BCUT2D eigenvalue weighted by Gasteiger charge is 2.13. The molecule has 0 heterocycles. The van der Waals surface area contributed by atoms with E-state index in [-0.39, 0.29) is 19.3 Å². The molecule has 0 saturated heterocycles. The number of ether oxygens (including phenoxy) is 1. The zero-order chi connectivity index (χ0) is 11.1. The first-order valence-corrected chi connectivity index (χ1v) is 4.91. The number of rotatable bonds is 6. The lowest BCUT2D eigenvalue weighted by molar-refractivity contribution is 0.224. The summed E-state index contributed by atoms with van der Waals surface area (Å²) in [6.45, 7) is 0.468. The summed E-state index contributed by atoms with van der Waals surface area (Å²) in [4.78, 5) is 0. The smallest absolute Gasteiger partial charge is 0.123 e. The molecule has 0 spiro atoms. The largest absolute Gasteiger partial charge is 0.496 e. The molecule has 0 aliphatic rings. The van der Waals surface area contributed by atoms with Crippen molar-refractivity contribution < 1.29 is 14.9 Å². The fourth-order valence-corrected chi connectivity index (χ4v) is 1.47. The molecule has 4 heteroatoms. The molecule has 1 rings (SSSR count). The van der Waals surface area contributed by atoms with Gasteiger partial charge in [0.25, 0.3) is 0 Å². The first kappa shape index (κ1) is 12.0. The first-order valence-electron chi connectivity index (χ1n) is 4.91. The van der Waals surface area contributed by atoms with Gasteiger partial charge in [0.15, 0.2) is 0 Å². The van der Waals surface area contributed by atoms with Gasteiger partial charge < -0.3 is 20.3 Å². The summed E-state index contributed by atoms with van der Waals surface area (Å²) in [6.07, 6.45) is 0. The Morgan fingerprint density at radius 1 is 1.33 bits per heavy atom. The molecule has 0 bridgehead atoms. The molecule has 1 unspecified atom stereocenters. The minimum absolute atomic E-state index is 0.0274. The molecule has 0 fully saturated rings. The highest BCUT2D eigenvalue weighted by molar-refractivity contribution is 5.35. The summed E-state index contributed by atoms with van der Waals surface area (Å²) in [6, 6.07) is 7.31. The van der Waals surface area contributed by atoms with E-state index in [4.69, 9.17) is 9.84 Å². The maximum atomic E-state index is 9.23. The van der Waals surface area contributed by atoms with Crippen molar-refractivity contribution in [3.8, 4) is 5.75 Å². The normalized spacial score (nSPS) is 12.5. The summed E-state index contributed by atoms with van der Waals surface area (Å²) in [7, 11) is 1.60. The van der Waals surface area contributed by atoms with Gasteiger partial charge in [0.1, 0.15) is 5.75 Å². The van der Waals surface area contributed by atoms with Crippen LogP contribution in [0.25, 0.3) is 0 Å². The van der Waals surface area contributed by atoms with Crippen molar-refractivity contribution in [3.63, 3.8) is 0 Å². The number of methoxy groups -OCH3 is 1. The monoisotopic (exact) mass is 211 g/mol. The van der Waals surface area contributed by atoms with Crippen molar-refractivity contribution in [2.45, 2.75) is 6.04 Å². The molecule has 0 aliphatic heterocycles. The molecule has 0 radical (unpaired) electrons. The lowest BCUT2D eigenvalue weighted by Crippen LogP contribution is -2.27. The van der Waals surface area contributed by atoms with Crippen LogP contribution in [0.5, 0.6) is 5.75 Å². The second kappa shape index (κ2) is 6.40. The molecule has 3 N–H and O–H groups in total. The van der Waals surface area contributed by atoms with Gasteiger partial charge in [0.05, 0.1) is 26.4 Å². The molecule has 0 amide bonds. The number of hydrogen-bond acceptors (Lipinski definition) is 4. The number of hydrogen-bond donors (Lipinski definition) is 3. The Kier molecular flexibility index (Phi) is 5.10. The van der Waals surface area contributed by atoms with Crippen LogP contribution in [0.15, 0.2) is 24.3 Å². The van der Waals surface area contributed by atoms with E-state index >= 15 is 0 Å². The van der Waals surface area contributed by atoms with Crippen LogP contribution in [0, 0.1) is 0 Å². The van der Waals surface area contributed by atoms with E-state index in [0.29, 0.717) is 6.54 Å². The average Bonchev–Trinajstić information content (AvgIpc) is 2.30. The van der Waals surface area contributed by atoms with Crippen LogP contribution >= 0.6 is 0 Å². The Morgan fingerprint density at radius 2 is 2.07 bits per heavy atom. The molecular weight excluding hydrogens is 194 g/mol. The lowest BCUT2D eigenvalue weighted by atomic mass is 10.1. The molecule has 15 heavy (non-hydrogen) atoms. The van der Waals surface area contributed by atoms with Gasteiger partial charge in [-0.05, 0) is 6.07 Å². The lowest BCUT2D eigenvalue weighted by Gasteiger charge is -2.18. The molecule has 1 aromatic rings. The quantitative estimate of drug-likeness (QED) is 0.634. The molecule has 0 aromatic heterocycles. The van der Waals surface area contributed by atoms with Gasteiger partial charge in [-0.1, -0.05) is 18.2 Å². The van der Waals surface area contributed by atoms with Crippen LogP contribution in [-0.4, -0.2) is 37.1 Å². The van der Waals surface area contributed by atoms with E-state index in [0.717, 1.165) is 11.3 Å². The topological polar surface area (TPSA) is 61.7 Å². The standard InChI is InChI=1S/C11H17NO3/c1-15-11-5-3-2-4-9(11)10(8-14)12-6-7-13/h2-5,10,12-14H,6-8H2,1H3. The van der Waals surface area contributed by atoms with E-state index in [9.17, 15) is 5.11 Å². The highest BCUT2D eigenvalue weighted by atomic mass is 16.5. The zero-order valence-electron chi connectivity index (χ0n) is 8.81. The minimum atomic E-state index is -0.201. The van der Waals surface area contributed by atoms with Crippen LogP contribution in [0.4, 0.5) is 0 Å². The minimum Gasteiger partial charge on any atom is -0.496 e. The Bertz CT molecular complexity index is 291. The van der Waals surface area contributed by atoms with Crippen LogP contribution in [0.1, 0.15) is 11.6 Å². The summed E-state index contributed by atoms with van der Waals surface area (Å²) in [5, 5.41) is 21.0. The fraction of sp³-hybridized carbons (Fsp3) is 0.455. The summed E-state index contributed by atoms with van der Waals surface area (Å²) in [5.74, 6) is 0.738. The van der Waals surface area contributed by atoms with E-state index in [2.05, 4.69) is 5.32 Å². The van der Waals surface area contributed by atoms with Crippen molar-refractivity contribution >= 4 is 0 Å². The average molecular weight is 211 g/mol. The van der Waals surface area contributed by atoms with Crippen molar-refractivity contribution in [3.05, 3.63) is 29.8 Å². The molecule has 1 aromatic carbocycles.